The number of aliphatic hydroxyl groups excluding tert-OH is 1. The summed E-state index contributed by atoms with van der Waals surface area (Å²) in [6, 6.07) is 5.68. The second kappa shape index (κ2) is 7.15. The molecule has 0 radical (unpaired) electrons. The van der Waals surface area contributed by atoms with Crippen molar-refractivity contribution in [3.8, 4) is 0 Å². The van der Waals surface area contributed by atoms with Crippen molar-refractivity contribution in [2.45, 2.75) is 37.7 Å². The molecule has 0 heterocycles. The summed E-state index contributed by atoms with van der Waals surface area (Å²) in [5, 5.41) is 9.93. The van der Waals surface area contributed by atoms with Crippen LogP contribution in [0.3, 0.4) is 0 Å². The van der Waals surface area contributed by atoms with Crippen LogP contribution in [0.1, 0.15) is 31.7 Å². The number of thioether (sulfide) groups is 1. The molecule has 0 aliphatic carbocycles. The summed E-state index contributed by atoms with van der Waals surface area (Å²) in [6.45, 7) is 2.26. The van der Waals surface area contributed by atoms with Gasteiger partial charge in [0.2, 0.25) is 0 Å². The summed E-state index contributed by atoms with van der Waals surface area (Å²) in [4.78, 5) is 1.04. The van der Waals surface area contributed by atoms with E-state index in [4.69, 9.17) is 11.6 Å². The number of hydrogen-bond acceptors (Lipinski definition) is 2. The van der Waals surface area contributed by atoms with Gasteiger partial charge in [0.15, 0.2) is 0 Å². The molecule has 0 aliphatic rings. The van der Waals surface area contributed by atoms with Crippen LogP contribution in [0, 0.1) is 0 Å². The Balaban J connectivity index is 2.58. The van der Waals surface area contributed by atoms with E-state index in [1.54, 1.807) is 11.8 Å². The minimum atomic E-state index is 0.0661. The standard InChI is InChI=1S/C12H17ClOS/c1-2-3-4-8-15-12-10(9-14)6-5-7-11(12)13/h5-7,14H,2-4,8-9H2,1H3. The Bertz CT molecular complexity index is 302. The van der Waals surface area contributed by atoms with E-state index >= 15 is 0 Å². The van der Waals surface area contributed by atoms with Gasteiger partial charge in [0, 0.05) is 4.90 Å². The number of benzene rings is 1. The Labute approximate surface area is 101 Å². The van der Waals surface area contributed by atoms with Crippen LogP contribution in [-0.4, -0.2) is 10.9 Å². The molecule has 0 fully saturated rings. The number of rotatable bonds is 6. The molecule has 15 heavy (non-hydrogen) atoms. The van der Waals surface area contributed by atoms with Crippen molar-refractivity contribution in [2.75, 3.05) is 5.75 Å². The Morgan fingerprint density at radius 2 is 2.13 bits per heavy atom. The zero-order valence-corrected chi connectivity index (χ0v) is 10.6. The summed E-state index contributed by atoms with van der Waals surface area (Å²) < 4.78 is 0. The van der Waals surface area contributed by atoms with Gasteiger partial charge < -0.3 is 5.11 Å². The average molecular weight is 245 g/mol. The quantitative estimate of drug-likeness (QED) is 0.600. The predicted molar refractivity (Wildman–Crippen MR) is 67.6 cm³/mol. The molecule has 1 N–H and O–H groups in total. The Morgan fingerprint density at radius 1 is 1.33 bits per heavy atom. The minimum absolute atomic E-state index is 0.0661. The molecular formula is C12H17ClOS. The van der Waals surface area contributed by atoms with Crippen LogP contribution in [0.2, 0.25) is 5.02 Å². The van der Waals surface area contributed by atoms with Gasteiger partial charge in [-0.3, -0.25) is 0 Å². The second-order valence-corrected chi connectivity index (χ2v) is 4.95. The lowest BCUT2D eigenvalue weighted by atomic mass is 10.2. The molecule has 0 spiro atoms. The van der Waals surface area contributed by atoms with Gasteiger partial charge in [-0.05, 0) is 23.8 Å². The molecule has 0 saturated heterocycles. The first-order valence-electron chi connectivity index (χ1n) is 5.30. The van der Waals surface area contributed by atoms with Crippen molar-refractivity contribution < 1.29 is 5.11 Å². The van der Waals surface area contributed by atoms with Gasteiger partial charge in [0.1, 0.15) is 0 Å². The first-order chi connectivity index (χ1) is 7.29. The van der Waals surface area contributed by atoms with Crippen molar-refractivity contribution >= 4 is 23.4 Å². The molecule has 0 bridgehead atoms. The molecular weight excluding hydrogens is 228 g/mol. The molecule has 1 rings (SSSR count). The number of aliphatic hydroxyl groups is 1. The largest absolute Gasteiger partial charge is 0.392 e. The van der Waals surface area contributed by atoms with E-state index in [0.717, 1.165) is 21.2 Å². The molecule has 0 unspecified atom stereocenters. The van der Waals surface area contributed by atoms with Crippen molar-refractivity contribution in [2.24, 2.45) is 0 Å². The third kappa shape index (κ3) is 4.06. The Hall–Kier alpha value is -0.180. The van der Waals surface area contributed by atoms with Crippen LogP contribution in [0.4, 0.5) is 0 Å². The molecule has 3 heteroatoms. The first-order valence-corrected chi connectivity index (χ1v) is 6.67. The fourth-order valence-electron chi connectivity index (χ4n) is 1.37. The minimum Gasteiger partial charge on any atom is -0.392 e. The molecule has 1 aromatic rings. The van der Waals surface area contributed by atoms with Crippen LogP contribution >= 0.6 is 23.4 Å². The Morgan fingerprint density at radius 3 is 2.80 bits per heavy atom. The monoisotopic (exact) mass is 244 g/mol. The molecule has 1 nitrogen and oxygen atoms in total. The van der Waals surface area contributed by atoms with Crippen LogP contribution in [0.5, 0.6) is 0 Å². The maximum Gasteiger partial charge on any atom is 0.0693 e. The predicted octanol–water partition coefficient (Wildman–Crippen LogP) is 4.11. The van der Waals surface area contributed by atoms with Gasteiger partial charge in [-0.2, -0.15) is 0 Å². The highest BCUT2D eigenvalue weighted by molar-refractivity contribution is 7.99. The number of hydrogen-bond donors (Lipinski definition) is 1. The summed E-state index contributed by atoms with van der Waals surface area (Å²) in [5.41, 5.74) is 0.934. The van der Waals surface area contributed by atoms with E-state index in [0.29, 0.717) is 0 Å². The smallest absolute Gasteiger partial charge is 0.0693 e. The Kier molecular flexibility index (Phi) is 6.15. The zero-order valence-electron chi connectivity index (χ0n) is 9.00. The van der Waals surface area contributed by atoms with E-state index in [2.05, 4.69) is 6.92 Å². The third-order valence-electron chi connectivity index (χ3n) is 2.21. The number of unbranched alkanes of at least 4 members (excludes halogenated alkanes) is 2. The summed E-state index contributed by atoms with van der Waals surface area (Å²) in [5.74, 6) is 1.07. The lowest BCUT2D eigenvalue weighted by molar-refractivity contribution is 0.279. The SMILES string of the molecule is CCCCCSc1c(Cl)cccc1CO. The van der Waals surface area contributed by atoms with Gasteiger partial charge in [0.05, 0.1) is 11.6 Å². The molecule has 0 saturated carbocycles. The van der Waals surface area contributed by atoms with E-state index < -0.39 is 0 Å². The first kappa shape index (κ1) is 12.9. The number of halogens is 1. The van der Waals surface area contributed by atoms with Crippen LogP contribution in [0.15, 0.2) is 23.1 Å². The van der Waals surface area contributed by atoms with E-state index in [9.17, 15) is 5.11 Å². The maximum atomic E-state index is 9.17. The van der Waals surface area contributed by atoms with Crippen molar-refractivity contribution in [3.63, 3.8) is 0 Å². The lowest BCUT2D eigenvalue weighted by Gasteiger charge is -2.08. The summed E-state index contributed by atoms with van der Waals surface area (Å²) in [7, 11) is 0. The van der Waals surface area contributed by atoms with E-state index in [1.807, 2.05) is 18.2 Å². The highest BCUT2D eigenvalue weighted by atomic mass is 35.5. The zero-order chi connectivity index (χ0) is 11.1. The topological polar surface area (TPSA) is 20.2 Å². The van der Waals surface area contributed by atoms with Gasteiger partial charge in [0.25, 0.3) is 0 Å². The van der Waals surface area contributed by atoms with E-state index in [1.165, 1.54) is 19.3 Å². The van der Waals surface area contributed by atoms with Crippen molar-refractivity contribution in [1.29, 1.82) is 0 Å². The highest BCUT2D eigenvalue weighted by Crippen LogP contribution is 2.31. The molecule has 84 valence electrons. The molecule has 0 amide bonds. The maximum absolute atomic E-state index is 9.17. The third-order valence-corrected chi connectivity index (χ3v) is 3.90. The molecule has 0 atom stereocenters. The molecule has 1 aromatic carbocycles. The fourth-order valence-corrected chi connectivity index (χ4v) is 2.80. The van der Waals surface area contributed by atoms with Gasteiger partial charge >= 0.3 is 0 Å². The normalized spacial score (nSPS) is 10.6. The second-order valence-electron chi connectivity index (χ2n) is 3.44. The summed E-state index contributed by atoms with van der Waals surface area (Å²) >= 11 is 7.84. The molecule has 0 aromatic heterocycles. The van der Waals surface area contributed by atoms with Crippen LogP contribution in [0.25, 0.3) is 0 Å². The summed E-state index contributed by atoms with van der Waals surface area (Å²) in [6.07, 6.45) is 3.69. The van der Waals surface area contributed by atoms with Gasteiger partial charge in [-0.25, -0.2) is 0 Å². The average Bonchev–Trinajstić information content (AvgIpc) is 2.26. The van der Waals surface area contributed by atoms with Crippen molar-refractivity contribution in [3.05, 3.63) is 28.8 Å². The van der Waals surface area contributed by atoms with Crippen LogP contribution < -0.4 is 0 Å². The van der Waals surface area contributed by atoms with Gasteiger partial charge in [-0.1, -0.05) is 43.5 Å². The van der Waals surface area contributed by atoms with Gasteiger partial charge in [-0.15, -0.1) is 11.8 Å². The lowest BCUT2D eigenvalue weighted by Crippen LogP contribution is -1.89. The van der Waals surface area contributed by atoms with Crippen molar-refractivity contribution in [1.82, 2.24) is 0 Å². The molecule has 0 aliphatic heterocycles. The van der Waals surface area contributed by atoms with E-state index in [-0.39, 0.29) is 6.61 Å². The van der Waals surface area contributed by atoms with Crippen LogP contribution in [-0.2, 0) is 6.61 Å². The highest BCUT2D eigenvalue weighted by Gasteiger charge is 2.06. The fraction of sp³-hybridized carbons (Fsp3) is 0.500.